The fraction of sp³-hybridized carbons (Fsp3) is 0.571. The first-order valence-corrected chi connectivity index (χ1v) is 12.5. The Labute approximate surface area is 217 Å². The fourth-order valence-corrected chi connectivity index (χ4v) is 2.17. The summed E-state index contributed by atoms with van der Waals surface area (Å²) < 4.78 is 14.5. The maximum atomic E-state index is 11.1. The normalized spacial score (nSPS) is 10.4. The summed E-state index contributed by atoms with van der Waals surface area (Å²) >= 11 is 0. The number of carbonyl (C=O) groups excluding carboxylic acids is 3. The number of esters is 3. The molecule has 0 rings (SSSR count). The van der Waals surface area contributed by atoms with Crippen LogP contribution in [0, 0.1) is 5.92 Å². The molecule has 0 aliphatic heterocycles. The number of carbonyl (C=O) groups is 4. The minimum atomic E-state index is -1.12. The van der Waals surface area contributed by atoms with Crippen LogP contribution in [0.1, 0.15) is 79.1 Å². The second-order valence-corrected chi connectivity index (χ2v) is 7.66. The molecule has 36 heavy (non-hydrogen) atoms. The SMILES string of the molecule is C=C(C=CC(=O)O)C(=O)OCCCC.C=CC(=O)OCC(CC)CCCC.C=CC(=O)OCCCC. The third-order valence-corrected chi connectivity index (χ3v) is 4.50. The lowest BCUT2D eigenvalue weighted by atomic mass is 10.0. The van der Waals surface area contributed by atoms with Gasteiger partial charge in [-0.2, -0.15) is 0 Å². The van der Waals surface area contributed by atoms with Gasteiger partial charge in [0.05, 0.1) is 25.4 Å². The summed E-state index contributed by atoms with van der Waals surface area (Å²) in [5.41, 5.74) is 0.0449. The topological polar surface area (TPSA) is 116 Å². The second-order valence-electron chi connectivity index (χ2n) is 7.66. The minimum Gasteiger partial charge on any atom is -0.478 e. The van der Waals surface area contributed by atoms with Crippen molar-refractivity contribution in [1.82, 2.24) is 0 Å². The molecule has 0 aromatic rings. The van der Waals surface area contributed by atoms with E-state index < -0.39 is 11.9 Å². The third kappa shape index (κ3) is 28.9. The molecule has 0 fully saturated rings. The number of rotatable bonds is 17. The molecule has 0 aromatic heterocycles. The van der Waals surface area contributed by atoms with Crippen molar-refractivity contribution in [2.24, 2.45) is 5.92 Å². The summed E-state index contributed by atoms with van der Waals surface area (Å²) in [5, 5.41) is 8.28. The Hall–Kier alpha value is -3.16. The lowest BCUT2D eigenvalue weighted by Gasteiger charge is -2.13. The van der Waals surface area contributed by atoms with Crippen molar-refractivity contribution < 1.29 is 38.5 Å². The molecule has 206 valence electrons. The van der Waals surface area contributed by atoms with Crippen LogP contribution in [-0.2, 0) is 33.4 Å². The lowest BCUT2D eigenvalue weighted by molar-refractivity contribution is -0.139. The van der Waals surface area contributed by atoms with Gasteiger partial charge in [-0.1, -0.05) is 79.5 Å². The Morgan fingerprint density at radius 3 is 1.72 bits per heavy atom. The van der Waals surface area contributed by atoms with E-state index in [-0.39, 0.29) is 17.5 Å². The maximum Gasteiger partial charge on any atom is 0.337 e. The first kappa shape index (κ1) is 37.4. The van der Waals surface area contributed by atoms with E-state index in [4.69, 9.17) is 14.6 Å². The highest BCUT2D eigenvalue weighted by Crippen LogP contribution is 2.12. The molecule has 1 atom stereocenters. The second kappa shape index (κ2) is 28.1. The highest BCUT2D eigenvalue weighted by atomic mass is 16.5. The summed E-state index contributed by atoms with van der Waals surface area (Å²) in [5.74, 6) is -1.81. The van der Waals surface area contributed by atoms with Crippen LogP contribution in [0.25, 0.3) is 0 Å². The van der Waals surface area contributed by atoms with E-state index in [0.717, 1.165) is 50.7 Å². The molecule has 8 heteroatoms. The van der Waals surface area contributed by atoms with Gasteiger partial charge in [-0.25, -0.2) is 19.2 Å². The molecule has 0 amide bonds. The van der Waals surface area contributed by atoms with E-state index in [1.165, 1.54) is 25.0 Å². The van der Waals surface area contributed by atoms with Gasteiger partial charge in [0, 0.05) is 18.2 Å². The zero-order valence-electron chi connectivity index (χ0n) is 22.6. The van der Waals surface area contributed by atoms with Gasteiger partial charge in [0.25, 0.3) is 0 Å². The average Bonchev–Trinajstić information content (AvgIpc) is 2.87. The smallest absolute Gasteiger partial charge is 0.337 e. The Bertz CT molecular complexity index is 679. The first-order chi connectivity index (χ1) is 17.1. The summed E-state index contributed by atoms with van der Waals surface area (Å²) in [4.78, 5) is 42.3. The van der Waals surface area contributed by atoms with Crippen LogP contribution in [0.3, 0.4) is 0 Å². The summed E-state index contributed by atoms with van der Waals surface area (Å²) in [6, 6.07) is 0. The van der Waals surface area contributed by atoms with Crippen molar-refractivity contribution in [1.29, 1.82) is 0 Å². The van der Waals surface area contributed by atoms with Crippen molar-refractivity contribution in [3.05, 3.63) is 49.6 Å². The van der Waals surface area contributed by atoms with Crippen LogP contribution >= 0.6 is 0 Å². The van der Waals surface area contributed by atoms with E-state index >= 15 is 0 Å². The minimum absolute atomic E-state index is 0.0449. The van der Waals surface area contributed by atoms with E-state index in [1.807, 2.05) is 13.8 Å². The molecule has 1 N–H and O–H groups in total. The maximum absolute atomic E-state index is 11.1. The van der Waals surface area contributed by atoms with Gasteiger partial charge in [0.2, 0.25) is 0 Å². The number of unbranched alkanes of at least 4 members (excludes halogenated alkanes) is 3. The molecule has 0 radical (unpaired) electrons. The van der Waals surface area contributed by atoms with Crippen molar-refractivity contribution in [3.8, 4) is 0 Å². The van der Waals surface area contributed by atoms with Gasteiger partial charge in [-0.15, -0.1) is 0 Å². The Balaban J connectivity index is -0.000000465. The largest absolute Gasteiger partial charge is 0.478 e. The van der Waals surface area contributed by atoms with Crippen LogP contribution in [0.5, 0.6) is 0 Å². The average molecular weight is 511 g/mol. The van der Waals surface area contributed by atoms with Crippen molar-refractivity contribution in [2.75, 3.05) is 19.8 Å². The van der Waals surface area contributed by atoms with Crippen LogP contribution in [0.4, 0.5) is 0 Å². The monoisotopic (exact) mass is 510 g/mol. The summed E-state index contributed by atoms with van der Waals surface area (Å²) in [6.45, 7) is 19.7. The van der Waals surface area contributed by atoms with E-state index in [1.54, 1.807) is 0 Å². The van der Waals surface area contributed by atoms with Crippen molar-refractivity contribution in [2.45, 2.75) is 79.1 Å². The molecule has 0 saturated heterocycles. The zero-order chi connectivity index (χ0) is 28.2. The van der Waals surface area contributed by atoms with Gasteiger partial charge < -0.3 is 19.3 Å². The molecule has 0 spiro atoms. The Morgan fingerprint density at radius 1 is 0.778 bits per heavy atom. The number of aliphatic carboxylic acids is 1. The van der Waals surface area contributed by atoms with E-state index in [2.05, 4.69) is 38.3 Å². The standard InChI is InChI=1S/C11H20O2.C10H14O4.C7H12O2/c1-4-7-8-10(5-2)9-13-11(12)6-3;1-3-4-7-14-10(13)8(2)5-6-9(11)12;1-3-5-6-9-7(8)4-2/h6,10H,3-5,7-9H2,1-2H3;5-6H,2-4,7H2,1H3,(H,11,12);4H,2-3,5-6H2,1H3. The van der Waals surface area contributed by atoms with Crippen LogP contribution in [-0.4, -0.2) is 48.8 Å². The third-order valence-electron chi connectivity index (χ3n) is 4.50. The Kier molecular flexibility index (Phi) is 29.2. The van der Waals surface area contributed by atoms with Gasteiger partial charge in [-0.3, -0.25) is 0 Å². The predicted octanol–water partition coefficient (Wildman–Crippen LogP) is 5.97. The van der Waals surface area contributed by atoms with Gasteiger partial charge in [-0.05, 0) is 31.3 Å². The molecule has 0 saturated carbocycles. The molecule has 0 aliphatic carbocycles. The van der Waals surface area contributed by atoms with Gasteiger partial charge in [0.15, 0.2) is 0 Å². The van der Waals surface area contributed by atoms with Gasteiger partial charge in [0.1, 0.15) is 0 Å². The van der Waals surface area contributed by atoms with Crippen molar-refractivity contribution >= 4 is 23.9 Å². The van der Waals surface area contributed by atoms with E-state index in [9.17, 15) is 19.2 Å². The molecule has 8 nitrogen and oxygen atoms in total. The predicted molar refractivity (Wildman–Crippen MR) is 142 cm³/mol. The molecule has 0 bridgehead atoms. The molecular weight excluding hydrogens is 464 g/mol. The summed E-state index contributed by atoms with van der Waals surface area (Å²) in [6.07, 6.45) is 12.7. The van der Waals surface area contributed by atoms with Crippen molar-refractivity contribution in [3.63, 3.8) is 0 Å². The zero-order valence-corrected chi connectivity index (χ0v) is 22.6. The Morgan fingerprint density at radius 2 is 1.28 bits per heavy atom. The highest BCUT2D eigenvalue weighted by Gasteiger charge is 2.07. The van der Waals surface area contributed by atoms with Crippen LogP contribution < -0.4 is 0 Å². The van der Waals surface area contributed by atoms with E-state index in [0.29, 0.717) is 25.7 Å². The molecule has 0 aliphatic rings. The fourth-order valence-electron chi connectivity index (χ4n) is 2.17. The number of carboxylic acid groups (broad SMARTS) is 1. The molecule has 0 heterocycles. The number of hydrogen-bond acceptors (Lipinski definition) is 7. The van der Waals surface area contributed by atoms with Crippen LogP contribution in [0.2, 0.25) is 0 Å². The molecule has 1 unspecified atom stereocenters. The number of hydrogen-bond donors (Lipinski definition) is 1. The number of ether oxygens (including phenoxy) is 3. The highest BCUT2D eigenvalue weighted by molar-refractivity contribution is 5.93. The first-order valence-electron chi connectivity index (χ1n) is 12.5. The quantitative estimate of drug-likeness (QED) is 0.0836. The van der Waals surface area contributed by atoms with Gasteiger partial charge >= 0.3 is 23.9 Å². The summed E-state index contributed by atoms with van der Waals surface area (Å²) in [7, 11) is 0. The molecular formula is C28H46O8. The lowest BCUT2D eigenvalue weighted by Crippen LogP contribution is -2.12. The molecule has 0 aromatic carbocycles. The number of carboxylic acids is 1. The van der Waals surface area contributed by atoms with Crippen LogP contribution in [0.15, 0.2) is 49.6 Å².